The SMILES string of the molecule is C=CC1=C(N=C)CCOC1CNC(=O)c1cc(C#CC2CCN(C)CC2)cc(N(CC)C2CCC(N(C)Cc3c(F)c(CNC(=O)c4cc(Cl)cc(N(CC)C5CCC(N(C)Cc6c(OC)c(CNC(O)c7cc(Cl)cc(N(CC)C8CCC(N(C)C)CC8)c7C)c7nccn7c6C)CC5)c4C)c4nccn4c3C)CC2)c1C. The van der Waals surface area contributed by atoms with Crippen molar-refractivity contribution in [3.05, 3.63) is 174 Å². The predicted octanol–water partition coefficient (Wildman–Crippen LogP) is 15.3. The Morgan fingerprint density at radius 2 is 1.17 bits per heavy atom. The summed E-state index contributed by atoms with van der Waals surface area (Å²) in [5.74, 6) is 7.27. The van der Waals surface area contributed by atoms with Crippen LogP contribution in [0.25, 0.3) is 11.3 Å². The number of amides is 2. The summed E-state index contributed by atoms with van der Waals surface area (Å²) in [6.07, 6.45) is 22.3. The van der Waals surface area contributed by atoms with Crippen LogP contribution in [-0.2, 0) is 30.9 Å². The summed E-state index contributed by atoms with van der Waals surface area (Å²) in [7, 11) is 12.5. The van der Waals surface area contributed by atoms with Crippen LogP contribution in [0.3, 0.4) is 0 Å². The summed E-state index contributed by atoms with van der Waals surface area (Å²) in [6, 6.07) is 13.6. The number of piperidine rings is 1. The minimum Gasteiger partial charge on any atom is -0.496 e. The van der Waals surface area contributed by atoms with E-state index in [9.17, 15) is 14.7 Å². The molecule has 23 heteroatoms. The monoisotopic (exact) mass is 1580 g/mol. The number of benzene rings is 3. The second-order valence-electron chi connectivity index (χ2n) is 32.5. The number of hydrogen-bond acceptors (Lipinski definition) is 16. The maximum absolute atomic E-state index is 17.6. The van der Waals surface area contributed by atoms with Gasteiger partial charge in [-0.15, -0.1) is 0 Å². The molecule has 4 aromatic heterocycles. The molecular weight excluding hydrogens is 1460 g/mol. The van der Waals surface area contributed by atoms with Gasteiger partial charge in [0.1, 0.15) is 35.2 Å². The van der Waals surface area contributed by atoms with E-state index in [4.69, 9.17) is 37.7 Å². The molecule has 7 aromatic rings. The molecule has 4 N–H and O–H groups in total. The summed E-state index contributed by atoms with van der Waals surface area (Å²) in [4.78, 5) is 59.6. The Labute approximate surface area is 680 Å². The quantitative estimate of drug-likeness (QED) is 0.0198. The number of imidazole rings is 2. The molecule has 0 spiro atoms. The number of nitrogens with zero attached hydrogens (tertiary/aromatic N) is 12. The molecule has 3 aromatic carbocycles. The van der Waals surface area contributed by atoms with E-state index in [2.05, 4.69) is 172 Å². The lowest BCUT2D eigenvalue weighted by molar-refractivity contribution is 0.0650. The first kappa shape index (κ1) is 84.5. The minimum atomic E-state index is -1.01. The van der Waals surface area contributed by atoms with Gasteiger partial charge < -0.3 is 58.5 Å². The lowest BCUT2D eigenvalue weighted by atomic mass is 9.88. The number of aliphatic imine (C=N–C) groups is 1. The Hall–Kier alpha value is -7.88. The standard InChI is InChI=1S/C90H122Cl2FN15O5/c1-17-71-79(94-10)37-44-113-83(71)53-99-88(109)72-45-62(22-21-61-35-40-101(13)41-36-61)46-80(56(72)5)104(18-2)69-31-25-66(26-32-69)102(14)54-77-59(8)107-42-38-95-86(107)75(84(77)93)51-97-89(110)73-47-63(91)50-82(57(73)6)106(20-4)70-33-27-67(28-34-70)103(15)55-78-60(9)108-43-39-96-87(108)76(85(78)112-16)52-98-90(111)74-48-64(92)49-81(58(74)7)105(19-3)68-29-23-65(24-30-68)100(11)12/h17,38-39,42-43,45-50,61,65-70,83,90,98,111H,1,10,18-20,23-37,40-41,44,51-55H2,2-9,11-16H3,(H,97,110)(H,99,109). The third-order valence-corrected chi connectivity index (χ3v) is 26.3. The number of aromatic nitrogens is 4. The van der Waals surface area contributed by atoms with Crippen molar-refractivity contribution in [2.24, 2.45) is 10.9 Å². The van der Waals surface area contributed by atoms with Gasteiger partial charge in [-0.1, -0.05) is 47.7 Å². The number of anilines is 3. The first-order chi connectivity index (χ1) is 54.4. The van der Waals surface area contributed by atoms with Crippen LogP contribution in [0.4, 0.5) is 21.5 Å². The van der Waals surface area contributed by atoms with Crippen molar-refractivity contribution in [2.75, 3.05) is 103 Å². The van der Waals surface area contributed by atoms with E-state index in [1.807, 2.05) is 62.0 Å². The van der Waals surface area contributed by atoms with Crippen LogP contribution < -0.4 is 35.4 Å². The van der Waals surface area contributed by atoms with Gasteiger partial charge in [-0.25, -0.2) is 14.4 Å². The number of halogens is 3. The zero-order valence-corrected chi connectivity index (χ0v) is 70.9. The Balaban J connectivity index is 0.682. The highest BCUT2D eigenvalue weighted by Gasteiger charge is 2.36. The number of aliphatic hydroxyl groups excluding tert-OH is 1. The van der Waals surface area contributed by atoms with Crippen molar-refractivity contribution >= 4 is 70.1 Å². The zero-order valence-electron chi connectivity index (χ0n) is 69.4. The van der Waals surface area contributed by atoms with E-state index in [1.165, 1.54) is 0 Å². The van der Waals surface area contributed by atoms with Gasteiger partial charge >= 0.3 is 0 Å². The molecule has 12 rings (SSSR count). The lowest BCUT2D eigenvalue weighted by Crippen LogP contribution is -2.43. The van der Waals surface area contributed by atoms with Crippen LogP contribution in [0.2, 0.25) is 10.0 Å². The number of hydrogen-bond donors (Lipinski definition) is 4. The van der Waals surface area contributed by atoms with E-state index in [0.29, 0.717) is 95.2 Å². The summed E-state index contributed by atoms with van der Waals surface area (Å²) in [5.41, 5.74) is 15.9. The Morgan fingerprint density at radius 3 is 1.71 bits per heavy atom. The van der Waals surface area contributed by atoms with Crippen molar-refractivity contribution in [2.45, 2.75) is 226 Å². The zero-order chi connectivity index (χ0) is 80.6. The van der Waals surface area contributed by atoms with Gasteiger partial charge in [0, 0.05) is 209 Å². The van der Waals surface area contributed by atoms with Crippen molar-refractivity contribution in [1.82, 2.24) is 54.3 Å². The molecule has 0 radical (unpaired) electrons. The molecule has 6 heterocycles. The highest BCUT2D eigenvalue weighted by molar-refractivity contribution is 6.31. The number of aryl methyl sites for hydroxylation is 2. The lowest BCUT2D eigenvalue weighted by Gasteiger charge is -2.41. The highest BCUT2D eigenvalue weighted by Crippen LogP contribution is 2.41. The maximum atomic E-state index is 17.6. The molecule has 3 saturated carbocycles. The molecule has 3 aliphatic carbocycles. The number of nitrogens with one attached hydrogen (secondary N) is 3. The Bertz CT molecular complexity index is 4660. The van der Waals surface area contributed by atoms with Gasteiger partial charge in [-0.3, -0.25) is 29.7 Å². The minimum absolute atomic E-state index is 0.0782. The molecule has 5 aliphatic rings. The average molecular weight is 1580 g/mol. The van der Waals surface area contributed by atoms with Gasteiger partial charge in [-0.2, -0.15) is 0 Å². The number of ether oxygens (including phenoxy) is 2. The predicted molar refractivity (Wildman–Crippen MR) is 457 cm³/mol. The van der Waals surface area contributed by atoms with Crippen LogP contribution >= 0.6 is 23.2 Å². The van der Waals surface area contributed by atoms with Crippen molar-refractivity contribution < 1.29 is 28.6 Å². The number of aliphatic hydroxyl groups is 1. The van der Waals surface area contributed by atoms with E-state index in [0.717, 1.165) is 206 Å². The Morgan fingerprint density at radius 1 is 0.673 bits per heavy atom. The van der Waals surface area contributed by atoms with Crippen LogP contribution in [-0.4, -0.2) is 193 Å². The van der Waals surface area contributed by atoms with E-state index in [-0.39, 0.29) is 61.0 Å². The second-order valence-corrected chi connectivity index (χ2v) is 33.4. The topological polar surface area (TPSA) is 179 Å². The second kappa shape index (κ2) is 37.8. The van der Waals surface area contributed by atoms with Gasteiger partial charge in [0.2, 0.25) is 0 Å². The number of pyridine rings is 2. The van der Waals surface area contributed by atoms with Crippen LogP contribution in [0.5, 0.6) is 5.75 Å². The fraction of sp³-hybridized carbons (Fsp3) is 0.544. The third-order valence-electron chi connectivity index (χ3n) is 25.9. The van der Waals surface area contributed by atoms with E-state index >= 15 is 4.39 Å². The van der Waals surface area contributed by atoms with Crippen LogP contribution in [0, 0.1) is 58.2 Å². The number of methoxy groups -OCH3 is 1. The molecular formula is C90H122Cl2FN15O5. The third kappa shape index (κ3) is 18.5. The van der Waals surface area contributed by atoms with Gasteiger partial charge in [0.05, 0.1) is 24.8 Å². The van der Waals surface area contributed by atoms with Crippen LogP contribution in [0.1, 0.15) is 205 Å². The molecule has 4 fully saturated rings. The Kier molecular flexibility index (Phi) is 28.3. The first-order valence-electron chi connectivity index (χ1n) is 41.3. The molecule has 20 nitrogen and oxygen atoms in total. The van der Waals surface area contributed by atoms with E-state index in [1.54, 1.807) is 25.4 Å². The number of fused-ring (bicyclic) bond motifs is 2. The van der Waals surface area contributed by atoms with Gasteiger partial charge in [0.15, 0.2) is 0 Å². The van der Waals surface area contributed by atoms with Crippen molar-refractivity contribution in [3.63, 3.8) is 0 Å². The average Bonchev–Trinajstić information content (AvgIpc) is 1.67. The molecule has 2 atom stereocenters. The first-order valence-corrected chi connectivity index (χ1v) is 42.0. The fourth-order valence-corrected chi connectivity index (χ4v) is 19.5. The van der Waals surface area contributed by atoms with E-state index < -0.39 is 6.23 Å². The summed E-state index contributed by atoms with van der Waals surface area (Å²) >= 11 is 13.9. The number of rotatable bonds is 29. The summed E-state index contributed by atoms with van der Waals surface area (Å²) in [6.45, 7) is 30.8. The summed E-state index contributed by atoms with van der Waals surface area (Å²) < 4.78 is 34.1. The molecule has 2 amide bonds. The molecule has 2 aliphatic heterocycles. The van der Waals surface area contributed by atoms with Gasteiger partial charge in [0.25, 0.3) is 11.8 Å². The number of carbonyl (C=O) groups excluding carboxylic acids is 2. The van der Waals surface area contributed by atoms with Crippen molar-refractivity contribution in [1.29, 1.82) is 0 Å². The number of carbonyl (C=O) groups is 2. The molecule has 2 unspecified atom stereocenters. The number of likely N-dealkylation sites (tertiary alicyclic amines) is 1. The van der Waals surface area contributed by atoms with Crippen LogP contribution in [0.15, 0.2) is 90.1 Å². The van der Waals surface area contributed by atoms with Crippen molar-refractivity contribution in [3.8, 4) is 17.6 Å². The molecule has 1 saturated heterocycles. The largest absolute Gasteiger partial charge is 0.496 e. The normalized spacial score (nSPS) is 20.9. The fourth-order valence-electron chi connectivity index (χ4n) is 19.1. The molecule has 608 valence electrons. The smallest absolute Gasteiger partial charge is 0.251 e. The molecule has 0 bridgehead atoms. The summed E-state index contributed by atoms with van der Waals surface area (Å²) in [5, 5.41) is 22.9. The maximum Gasteiger partial charge on any atom is 0.251 e. The highest BCUT2D eigenvalue weighted by atomic mass is 35.5. The molecule has 113 heavy (non-hydrogen) atoms. The van der Waals surface area contributed by atoms with Gasteiger partial charge in [-0.05, 0) is 253 Å².